The summed E-state index contributed by atoms with van der Waals surface area (Å²) >= 11 is 2.88. The highest BCUT2D eigenvalue weighted by molar-refractivity contribution is 9.10. The minimum atomic E-state index is -0.575. The molecular formula is C14H18BrF2NO2. The van der Waals surface area contributed by atoms with Crippen LogP contribution in [0.25, 0.3) is 0 Å². The van der Waals surface area contributed by atoms with Gasteiger partial charge in [-0.1, -0.05) is 0 Å². The van der Waals surface area contributed by atoms with Crippen LogP contribution >= 0.6 is 15.9 Å². The molecule has 1 saturated heterocycles. The quantitative estimate of drug-likeness (QED) is 0.612. The summed E-state index contributed by atoms with van der Waals surface area (Å²) in [7, 11) is 3.25. The molecule has 0 unspecified atom stereocenters. The molecule has 1 aliphatic heterocycles. The maximum absolute atomic E-state index is 13.6. The zero-order valence-electron chi connectivity index (χ0n) is 11.5. The Balaban J connectivity index is 2.04. The molecule has 0 atom stereocenters. The van der Waals surface area contributed by atoms with Gasteiger partial charge in [0.25, 0.3) is 0 Å². The van der Waals surface area contributed by atoms with Gasteiger partial charge in [0.1, 0.15) is 11.6 Å². The van der Waals surface area contributed by atoms with Crippen LogP contribution in [0, 0.1) is 17.6 Å². The first-order valence-electron chi connectivity index (χ1n) is 6.52. The van der Waals surface area contributed by atoms with Crippen LogP contribution in [-0.4, -0.2) is 33.6 Å². The molecule has 1 aromatic rings. The Hall–Kier alpha value is -0.720. The Morgan fingerprint density at radius 3 is 2.10 bits per heavy atom. The lowest BCUT2D eigenvalue weighted by atomic mass is 9.95. The summed E-state index contributed by atoms with van der Waals surface area (Å²) in [4.78, 5) is 1.98. The zero-order chi connectivity index (χ0) is 14.7. The SMILES string of the molecule is COC(OC)C1CCN(c2cc(F)c(Br)c(F)c2)CC1. The fraction of sp³-hybridized carbons (Fsp3) is 0.571. The Labute approximate surface area is 126 Å². The second-order valence-corrected chi connectivity index (χ2v) is 5.68. The monoisotopic (exact) mass is 349 g/mol. The average Bonchev–Trinajstić information content (AvgIpc) is 2.46. The minimum Gasteiger partial charge on any atom is -0.371 e. The number of benzene rings is 1. The number of piperidine rings is 1. The number of hydrogen-bond acceptors (Lipinski definition) is 3. The van der Waals surface area contributed by atoms with Crippen LogP contribution in [0.5, 0.6) is 0 Å². The van der Waals surface area contributed by atoms with Crippen molar-refractivity contribution in [2.75, 3.05) is 32.2 Å². The topological polar surface area (TPSA) is 21.7 Å². The van der Waals surface area contributed by atoms with E-state index in [1.54, 1.807) is 14.2 Å². The van der Waals surface area contributed by atoms with Gasteiger partial charge in [0.2, 0.25) is 0 Å². The minimum absolute atomic E-state index is 0.116. The maximum Gasteiger partial charge on any atom is 0.159 e. The number of nitrogens with zero attached hydrogens (tertiary/aromatic N) is 1. The first-order chi connectivity index (χ1) is 9.56. The Bertz CT molecular complexity index is 437. The largest absolute Gasteiger partial charge is 0.371 e. The number of anilines is 1. The fourth-order valence-electron chi connectivity index (χ4n) is 2.64. The van der Waals surface area contributed by atoms with Crippen molar-refractivity contribution in [1.82, 2.24) is 0 Å². The number of methoxy groups -OCH3 is 2. The van der Waals surface area contributed by atoms with Gasteiger partial charge in [0.05, 0.1) is 4.47 Å². The lowest BCUT2D eigenvalue weighted by Gasteiger charge is -2.36. The van der Waals surface area contributed by atoms with Crippen LogP contribution in [-0.2, 0) is 9.47 Å². The van der Waals surface area contributed by atoms with Crippen LogP contribution in [0.1, 0.15) is 12.8 Å². The molecule has 0 aromatic heterocycles. The van der Waals surface area contributed by atoms with E-state index >= 15 is 0 Å². The van der Waals surface area contributed by atoms with E-state index < -0.39 is 11.6 Å². The molecule has 1 aliphatic rings. The van der Waals surface area contributed by atoms with Crippen LogP contribution in [0.4, 0.5) is 14.5 Å². The third-order valence-corrected chi connectivity index (χ3v) is 4.48. The molecule has 0 radical (unpaired) electrons. The predicted octanol–water partition coefficient (Wildman–Crippen LogP) is 3.56. The van der Waals surface area contributed by atoms with E-state index in [2.05, 4.69) is 15.9 Å². The standard InChI is InChI=1S/C14H18BrF2NO2/c1-19-14(20-2)9-3-5-18(6-4-9)10-7-11(16)13(15)12(17)8-10/h7-9,14H,3-6H2,1-2H3. The first kappa shape index (κ1) is 15.7. The highest BCUT2D eigenvalue weighted by Gasteiger charge is 2.27. The zero-order valence-corrected chi connectivity index (χ0v) is 13.1. The van der Waals surface area contributed by atoms with Gasteiger partial charge in [0, 0.05) is 38.9 Å². The summed E-state index contributed by atoms with van der Waals surface area (Å²) in [6.45, 7) is 1.46. The second-order valence-electron chi connectivity index (χ2n) is 4.89. The highest BCUT2D eigenvalue weighted by atomic mass is 79.9. The summed E-state index contributed by atoms with van der Waals surface area (Å²) in [6, 6.07) is 2.72. The van der Waals surface area contributed by atoms with E-state index in [-0.39, 0.29) is 10.8 Å². The van der Waals surface area contributed by atoms with E-state index in [0.29, 0.717) is 11.6 Å². The fourth-order valence-corrected chi connectivity index (χ4v) is 2.86. The summed E-state index contributed by atoms with van der Waals surface area (Å²) < 4.78 is 37.5. The third kappa shape index (κ3) is 3.30. The number of ether oxygens (including phenoxy) is 2. The van der Waals surface area contributed by atoms with Gasteiger partial charge < -0.3 is 14.4 Å². The molecule has 0 aliphatic carbocycles. The molecule has 0 bridgehead atoms. The van der Waals surface area contributed by atoms with Gasteiger partial charge >= 0.3 is 0 Å². The Morgan fingerprint density at radius 1 is 1.15 bits per heavy atom. The van der Waals surface area contributed by atoms with Gasteiger partial charge in [-0.05, 0) is 40.9 Å². The molecule has 0 amide bonds. The van der Waals surface area contributed by atoms with Gasteiger partial charge in [-0.2, -0.15) is 0 Å². The molecule has 6 heteroatoms. The van der Waals surface area contributed by atoms with E-state index in [9.17, 15) is 8.78 Å². The Kier molecular flexibility index (Phi) is 5.35. The van der Waals surface area contributed by atoms with Gasteiger partial charge in [-0.25, -0.2) is 8.78 Å². The van der Waals surface area contributed by atoms with Crippen LogP contribution in [0.3, 0.4) is 0 Å². The van der Waals surface area contributed by atoms with Crippen molar-refractivity contribution in [2.24, 2.45) is 5.92 Å². The molecule has 112 valence electrons. The molecular weight excluding hydrogens is 332 g/mol. The van der Waals surface area contributed by atoms with Crippen molar-refractivity contribution in [3.8, 4) is 0 Å². The van der Waals surface area contributed by atoms with Crippen molar-refractivity contribution < 1.29 is 18.3 Å². The molecule has 1 heterocycles. The summed E-state index contributed by atoms with van der Waals surface area (Å²) in [5.74, 6) is -0.839. The molecule has 0 saturated carbocycles. The van der Waals surface area contributed by atoms with E-state index in [0.717, 1.165) is 25.9 Å². The van der Waals surface area contributed by atoms with E-state index in [1.165, 1.54) is 12.1 Å². The number of rotatable bonds is 4. The highest BCUT2D eigenvalue weighted by Crippen LogP contribution is 2.30. The summed E-state index contributed by atoms with van der Waals surface area (Å²) in [6.07, 6.45) is 1.52. The van der Waals surface area contributed by atoms with E-state index in [1.807, 2.05) is 4.90 Å². The Morgan fingerprint density at radius 2 is 1.65 bits per heavy atom. The number of halogens is 3. The normalized spacial score (nSPS) is 17.0. The molecule has 0 N–H and O–H groups in total. The molecule has 3 nitrogen and oxygen atoms in total. The van der Waals surface area contributed by atoms with Gasteiger partial charge in [0.15, 0.2) is 6.29 Å². The van der Waals surface area contributed by atoms with Crippen LogP contribution in [0.2, 0.25) is 0 Å². The van der Waals surface area contributed by atoms with E-state index in [4.69, 9.17) is 9.47 Å². The van der Waals surface area contributed by atoms with Crippen molar-refractivity contribution >= 4 is 21.6 Å². The third-order valence-electron chi connectivity index (χ3n) is 3.72. The van der Waals surface area contributed by atoms with Crippen molar-refractivity contribution in [3.05, 3.63) is 28.2 Å². The van der Waals surface area contributed by atoms with Crippen LogP contribution < -0.4 is 4.90 Å². The summed E-state index contributed by atoms with van der Waals surface area (Å²) in [5.41, 5.74) is 0.577. The van der Waals surface area contributed by atoms with Gasteiger partial charge in [-0.15, -0.1) is 0 Å². The lowest BCUT2D eigenvalue weighted by Crippen LogP contribution is -2.39. The van der Waals surface area contributed by atoms with Crippen molar-refractivity contribution in [3.63, 3.8) is 0 Å². The summed E-state index contributed by atoms with van der Waals surface area (Å²) in [5, 5.41) is 0. The smallest absolute Gasteiger partial charge is 0.159 e. The first-order valence-corrected chi connectivity index (χ1v) is 7.31. The molecule has 20 heavy (non-hydrogen) atoms. The van der Waals surface area contributed by atoms with Crippen molar-refractivity contribution in [1.29, 1.82) is 0 Å². The molecule has 0 spiro atoms. The second kappa shape index (κ2) is 6.83. The van der Waals surface area contributed by atoms with Crippen molar-refractivity contribution in [2.45, 2.75) is 19.1 Å². The van der Waals surface area contributed by atoms with Crippen LogP contribution in [0.15, 0.2) is 16.6 Å². The number of hydrogen-bond donors (Lipinski definition) is 0. The molecule has 2 rings (SSSR count). The maximum atomic E-state index is 13.6. The average molecular weight is 350 g/mol. The predicted molar refractivity (Wildman–Crippen MR) is 76.8 cm³/mol. The van der Waals surface area contributed by atoms with Gasteiger partial charge in [-0.3, -0.25) is 0 Å². The lowest BCUT2D eigenvalue weighted by molar-refractivity contribution is -0.141. The molecule has 1 aromatic carbocycles. The molecule has 1 fully saturated rings.